The minimum Gasteiger partial charge on any atom is -0.459 e. The molecule has 0 unspecified atom stereocenters. The molecule has 3 amide bonds. The summed E-state index contributed by atoms with van der Waals surface area (Å²) in [4.78, 5) is 38.0. The quantitative estimate of drug-likeness (QED) is 0.591. The maximum atomic E-state index is 12.4. The number of furan rings is 1. The molecule has 1 saturated heterocycles. The first-order chi connectivity index (χ1) is 14.0. The molecule has 0 radical (unpaired) electrons. The van der Waals surface area contributed by atoms with E-state index in [0.29, 0.717) is 24.2 Å². The average molecular weight is 398 g/mol. The predicted molar refractivity (Wildman–Crippen MR) is 110 cm³/mol. The van der Waals surface area contributed by atoms with Crippen LogP contribution in [0.3, 0.4) is 0 Å². The monoisotopic (exact) mass is 398 g/mol. The van der Waals surface area contributed by atoms with Crippen LogP contribution < -0.4 is 21.3 Å². The van der Waals surface area contributed by atoms with E-state index in [2.05, 4.69) is 15.5 Å². The normalized spacial score (nSPS) is 13.7. The van der Waals surface area contributed by atoms with Crippen molar-refractivity contribution in [2.45, 2.75) is 32.1 Å². The smallest absolute Gasteiger partial charge is 0.286 e. The molecule has 8 nitrogen and oxygen atoms in total. The van der Waals surface area contributed by atoms with Crippen LogP contribution in [0.1, 0.15) is 53.0 Å². The van der Waals surface area contributed by atoms with E-state index in [1.54, 1.807) is 24.3 Å². The Labute approximate surface area is 169 Å². The number of carbonyl (C=O) groups excluding carboxylic acids is 3. The Morgan fingerprint density at radius 2 is 1.90 bits per heavy atom. The number of nitrogens with one attached hydrogen (secondary N) is 2. The van der Waals surface area contributed by atoms with Crippen molar-refractivity contribution in [1.82, 2.24) is 5.32 Å². The first kappa shape index (κ1) is 20.4. The van der Waals surface area contributed by atoms with Gasteiger partial charge in [0.15, 0.2) is 5.76 Å². The van der Waals surface area contributed by atoms with Gasteiger partial charge >= 0.3 is 0 Å². The zero-order chi connectivity index (χ0) is 20.6. The van der Waals surface area contributed by atoms with E-state index in [1.807, 2.05) is 6.07 Å². The molecule has 0 atom stereocenters. The first-order valence-electron chi connectivity index (χ1n) is 9.85. The molecule has 2 aromatic rings. The van der Waals surface area contributed by atoms with Gasteiger partial charge in [-0.05, 0) is 56.0 Å². The van der Waals surface area contributed by atoms with Crippen molar-refractivity contribution < 1.29 is 18.8 Å². The first-order valence-corrected chi connectivity index (χ1v) is 9.85. The molecule has 1 aromatic carbocycles. The number of rotatable bonds is 8. The summed E-state index contributed by atoms with van der Waals surface area (Å²) in [6.07, 6.45) is 5.54. The topological polar surface area (TPSA) is 118 Å². The standard InChI is InChI=1S/C21H26N4O4/c22-20(27)15-8-9-17(25-11-2-1-3-12-25)16(14-15)24-19(26)7-4-10-23-21(28)18-6-5-13-29-18/h5-6,8-9,13-14H,1-4,7,10-12H2,(H2,22,27)(H,23,28)(H,24,26). The molecule has 1 aromatic heterocycles. The molecule has 8 heteroatoms. The summed E-state index contributed by atoms with van der Waals surface area (Å²) >= 11 is 0. The van der Waals surface area contributed by atoms with E-state index >= 15 is 0 Å². The van der Waals surface area contributed by atoms with Gasteiger partial charge in [0, 0.05) is 31.6 Å². The fourth-order valence-corrected chi connectivity index (χ4v) is 3.36. The third-order valence-corrected chi connectivity index (χ3v) is 4.86. The van der Waals surface area contributed by atoms with Gasteiger partial charge in [0.1, 0.15) is 0 Å². The number of primary amides is 1. The molecule has 0 saturated carbocycles. The molecule has 2 heterocycles. The third-order valence-electron chi connectivity index (χ3n) is 4.86. The highest BCUT2D eigenvalue weighted by Gasteiger charge is 2.17. The number of nitrogens with zero attached hydrogens (tertiary/aromatic N) is 1. The number of hydrogen-bond acceptors (Lipinski definition) is 5. The fourth-order valence-electron chi connectivity index (χ4n) is 3.36. The Balaban J connectivity index is 1.57. The fraction of sp³-hybridized carbons (Fsp3) is 0.381. The summed E-state index contributed by atoms with van der Waals surface area (Å²) in [5, 5.41) is 5.61. The number of anilines is 2. The van der Waals surface area contributed by atoms with Gasteiger partial charge < -0.3 is 25.7 Å². The Morgan fingerprint density at radius 1 is 1.10 bits per heavy atom. The summed E-state index contributed by atoms with van der Waals surface area (Å²) in [6.45, 7) is 2.18. The van der Waals surface area contributed by atoms with Crippen LogP contribution in [0.2, 0.25) is 0 Å². The van der Waals surface area contributed by atoms with Gasteiger partial charge in [0.25, 0.3) is 5.91 Å². The maximum absolute atomic E-state index is 12.4. The lowest BCUT2D eigenvalue weighted by molar-refractivity contribution is -0.116. The summed E-state index contributed by atoms with van der Waals surface area (Å²) in [7, 11) is 0. The molecular formula is C21H26N4O4. The molecule has 154 valence electrons. The summed E-state index contributed by atoms with van der Waals surface area (Å²) in [5.74, 6) is -0.788. The minimum atomic E-state index is -0.536. The van der Waals surface area contributed by atoms with Crippen LogP contribution in [0.25, 0.3) is 0 Å². The molecule has 29 heavy (non-hydrogen) atoms. The van der Waals surface area contributed by atoms with Gasteiger partial charge in [-0.25, -0.2) is 0 Å². The predicted octanol–water partition coefficient (Wildman–Crippen LogP) is 2.52. The second-order valence-corrected chi connectivity index (χ2v) is 7.03. The van der Waals surface area contributed by atoms with Gasteiger partial charge in [-0.1, -0.05) is 0 Å². The van der Waals surface area contributed by atoms with Crippen molar-refractivity contribution in [2.75, 3.05) is 29.9 Å². The zero-order valence-corrected chi connectivity index (χ0v) is 16.3. The van der Waals surface area contributed by atoms with E-state index in [-0.39, 0.29) is 24.0 Å². The van der Waals surface area contributed by atoms with Crippen molar-refractivity contribution in [2.24, 2.45) is 5.73 Å². The second kappa shape index (κ2) is 9.77. The van der Waals surface area contributed by atoms with Crippen molar-refractivity contribution in [3.63, 3.8) is 0 Å². The largest absolute Gasteiger partial charge is 0.459 e. The van der Waals surface area contributed by atoms with Crippen LogP contribution >= 0.6 is 0 Å². The highest BCUT2D eigenvalue weighted by atomic mass is 16.3. The van der Waals surface area contributed by atoms with Crippen LogP contribution in [0.15, 0.2) is 41.0 Å². The number of nitrogens with two attached hydrogens (primary N) is 1. The SMILES string of the molecule is NC(=O)c1ccc(N2CCCCC2)c(NC(=O)CCCNC(=O)c2ccco2)c1. The minimum absolute atomic E-state index is 0.183. The van der Waals surface area contributed by atoms with E-state index in [4.69, 9.17) is 10.2 Å². The average Bonchev–Trinajstić information content (AvgIpc) is 3.26. The summed E-state index contributed by atoms with van der Waals surface area (Å²) in [5.41, 5.74) is 7.24. The van der Waals surface area contributed by atoms with Gasteiger partial charge in [-0.2, -0.15) is 0 Å². The maximum Gasteiger partial charge on any atom is 0.286 e. The lowest BCUT2D eigenvalue weighted by atomic mass is 10.1. The number of piperidine rings is 1. The molecule has 1 aliphatic rings. The molecule has 0 aliphatic carbocycles. The molecule has 0 bridgehead atoms. The number of carbonyl (C=O) groups is 3. The molecule has 4 N–H and O–H groups in total. The number of amides is 3. The van der Waals surface area contributed by atoms with E-state index in [0.717, 1.165) is 31.6 Å². The van der Waals surface area contributed by atoms with Crippen LogP contribution in [-0.4, -0.2) is 37.4 Å². The summed E-state index contributed by atoms with van der Waals surface area (Å²) < 4.78 is 5.02. The summed E-state index contributed by atoms with van der Waals surface area (Å²) in [6, 6.07) is 8.37. The second-order valence-electron chi connectivity index (χ2n) is 7.03. The van der Waals surface area contributed by atoms with Crippen molar-refractivity contribution in [3.05, 3.63) is 47.9 Å². The zero-order valence-electron chi connectivity index (χ0n) is 16.3. The van der Waals surface area contributed by atoms with E-state index in [1.165, 1.54) is 12.7 Å². The Morgan fingerprint density at radius 3 is 2.59 bits per heavy atom. The highest BCUT2D eigenvalue weighted by Crippen LogP contribution is 2.30. The Kier molecular flexibility index (Phi) is 6.89. The van der Waals surface area contributed by atoms with Crippen molar-refractivity contribution >= 4 is 29.1 Å². The van der Waals surface area contributed by atoms with E-state index in [9.17, 15) is 14.4 Å². The molecule has 3 rings (SSSR count). The lowest BCUT2D eigenvalue weighted by Crippen LogP contribution is -2.30. The van der Waals surface area contributed by atoms with E-state index < -0.39 is 5.91 Å². The number of hydrogen-bond donors (Lipinski definition) is 3. The van der Waals surface area contributed by atoms with Gasteiger partial charge in [0.05, 0.1) is 17.6 Å². The van der Waals surface area contributed by atoms with Crippen LogP contribution in [-0.2, 0) is 4.79 Å². The number of benzene rings is 1. The van der Waals surface area contributed by atoms with Crippen LogP contribution in [0, 0.1) is 0 Å². The van der Waals surface area contributed by atoms with Gasteiger partial charge in [0.2, 0.25) is 11.8 Å². The third kappa shape index (κ3) is 5.60. The molecular weight excluding hydrogens is 372 g/mol. The molecule has 1 fully saturated rings. The Hall–Kier alpha value is -3.29. The Bertz CT molecular complexity index is 858. The highest BCUT2D eigenvalue weighted by molar-refractivity contribution is 5.99. The molecule has 0 spiro atoms. The van der Waals surface area contributed by atoms with Gasteiger partial charge in [-0.15, -0.1) is 0 Å². The molecule has 1 aliphatic heterocycles. The van der Waals surface area contributed by atoms with Gasteiger partial charge in [-0.3, -0.25) is 14.4 Å². The van der Waals surface area contributed by atoms with Crippen LogP contribution in [0.5, 0.6) is 0 Å². The van der Waals surface area contributed by atoms with Crippen molar-refractivity contribution in [1.29, 1.82) is 0 Å². The lowest BCUT2D eigenvalue weighted by Gasteiger charge is -2.30. The van der Waals surface area contributed by atoms with Crippen molar-refractivity contribution in [3.8, 4) is 0 Å². The van der Waals surface area contributed by atoms with Crippen LogP contribution in [0.4, 0.5) is 11.4 Å².